The summed E-state index contributed by atoms with van der Waals surface area (Å²) < 4.78 is 31.2. The number of anilines is 1. The zero-order chi connectivity index (χ0) is 23.1. The highest BCUT2D eigenvalue weighted by atomic mass is 19.1. The van der Waals surface area contributed by atoms with Gasteiger partial charge in [-0.15, -0.1) is 0 Å². The van der Waals surface area contributed by atoms with Crippen molar-refractivity contribution in [1.82, 2.24) is 9.55 Å². The SMILES string of the molecule is CCOc1ccc(C(=O)CCC(=O)Nc2nc3cc(F)ccc3n2CCOC)cc1OC. The Balaban J connectivity index is 1.68. The lowest BCUT2D eigenvalue weighted by Crippen LogP contribution is -2.18. The van der Waals surface area contributed by atoms with Gasteiger partial charge in [-0.2, -0.15) is 0 Å². The second-order valence-corrected chi connectivity index (χ2v) is 6.98. The molecule has 0 bridgehead atoms. The normalized spacial score (nSPS) is 10.9. The average molecular weight is 443 g/mol. The molecular weight excluding hydrogens is 417 g/mol. The molecule has 0 fully saturated rings. The fraction of sp³-hybridized carbons (Fsp3) is 0.348. The summed E-state index contributed by atoms with van der Waals surface area (Å²) in [5, 5.41) is 2.72. The molecule has 0 aliphatic rings. The van der Waals surface area contributed by atoms with E-state index in [2.05, 4.69) is 10.3 Å². The van der Waals surface area contributed by atoms with Crippen LogP contribution in [0.3, 0.4) is 0 Å². The molecule has 32 heavy (non-hydrogen) atoms. The molecule has 0 saturated heterocycles. The summed E-state index contributed by atoms with van der Waals surface area (Å²) in [6.07, 6.45) is -0.0217. The van der Waals surface area contributed by atoms with E-state index in [1.165, 1.54) is 19.2 Å². The van der Waals surface area contributed by atoms with Gasteiger partial charge in [0.05, 0.1) is 31.4 Å². The number of methoxy groups -OCH3 is 2. The Labute approximate surface area is 185 Å². The van der Waals surface area contributed by atoms with Gasteiger partial charge in [0, 0.05) is 38.1 Å². The van der Waals surface area contributed by atoms with Crippen molar-refractivity contribution in [1.29, 1.82) is 0 Å². The zero-order valence-electron chi connectivity index (χ0n) is 18.3. The number of carbonyl (C=O) groups is 2. The van der Waals surface area contributed by atoms with Crippen LogP contribution < -0.4 is 14.8 Å². The summed E-state index contributed by atoms with van der Waals surface area (Å²) in [7, 11) is 3.07. The molecule has 3 rings (SSSR count). The molecule has 0 aliphatic carbocycles. The lowest BCUT2D eigenvalue weighted by molar-refractivity contribution is -0.116. The first-order valence-electron chi connectivity index (χ1n) is 10.3. The molecule has 9 heteroatoms. The molecule has 0 saturated carbocycles. The van der Waals surface area contributed by atoms with Gasteiger partial charge in [-0.1, -0.05) is 0 Å². The van der Waals surface area contributed by atoms with Gasteiger partial charge in [-0.3, -0.25) is 14.9 Å². The van der Waals surface area contributed by atoms with Gasteiger partial charge in [0.25, 0.3) is 0 Å². The number of Topliss-reactive ketones (excluding diaryl/α,β-unsaturated/α-hetero) is 1. The van der Waals surface area contributed by atoms with Gasteiger partial charge < -0.3 is 18.8 Å². The topological polar surface area (TPSA) is 91.7 Å². The Morgan fingerprint density at radius 3 is 2.62 bits per heavy atom. The van der Waals surface area contributed by atoms with Crippen LogP contribution in [-0.2, 0) is 16.1 Å². The van der Waals surface area contributed by atoms with Crippen molar-refractivity contribution in [3.05, 3.63) is 47.8 Å². The van der Waals surface area contributed by atoms with E-state index in [-0.39, 0.29) is 30.5 Å². The summed E-state index contributed by atoms with van der Waals surface area (Å²) in [5.41, 5.74) is 1.53. The lowest BCUT2D eigenvalue weighted by Gasteiger charge is -2.11. The summed E-state index contributed by atoms with van der Waals surface area (Å²) >= 11 is 0. The first-order chi connectivity index (χ1) is 15.5. The van der Waals surface area contributed by atoms with E-state index in [0.717, 1.165) is 0 Å². The minimum Gasteiger partial charge on any atom is -0.493 e. The third kappa shape index (κ3) is 5.42. The standard InChI is InChI=1S/C23H26FN3O5/c1-4-32-20-9-5-15(13-21(20)31-3)19(28)8-10-22(29)26-23-25-17-14-16(24)6-7-18(17)27(23)11-12-30-2/h5-7,9,13-14H,4,8,10-12H2,1-3H3,(H,25,26,29). The second-order valence-electron chi connectivity index (χ2n) is 6.98. The number of halogens is 1. The van der Waals surface area contributed by atoms with Gasteiger partial charge in [-0.25, -0.2) is 9.37 Å². The number of benzene rings is 2. The maximum atomic E-state index is 13.6. The number of carbonyl (C=O) groups excluding carboxylic acids is 2. The number of imidazole rings is 1. The largest absolute Gasteiger partial charge is 0.493 e. The van der Waals surface area contributed by atoms with E-state index in [1.807, 2.05) is 6.92 Å². The van der Waals surface area contributed by atoms with Crippen LogP contribution in [-0.4, -0.2) is 48.7 Å². The van der Waals surface area contributed by atoms with Crippen LogP contribution in [0.25, 0.3) is 11.0 Å². The quantitative estimate of drug-likeness (QED) is 0.453. The molecule has 0 radical (unpaired) electrons. The van der Waals surface area contributed by atoms with Crippen LogP contribution in [0.1, 0.15) is 30.1 Å². The molecule has 0 aliphatic heterocycles. The highest BCUT2D eigenvalue weighted by molar-refractivity contribution is 6.00. The molecule has 0 spiro atoms. The summed E-state index contributed by atoms with van der Waals surface area (Å²) in [4.78, 5) is 29.4. The van der Waals surface area contributed by atoms with Gasteiger partial charge >= 0.3 is 0 Å². The molecule has 3 aromatic rings. The zero-order valence-corrected chi connectivity index (χ0v) is 18.3. The predicted molar refractivity (Wildman–Crippen MR) is 118 cm³/mol. The third-order valence-electron chi connectivity index (χ3n) is 4.85. The predicted octanol–water partition coefficient (Wildman–Crippen LogP) is 3.83. The minimum absolute atomic E-state index is 0.00982. The fourth-order valence-corrected chi connectivity index (χ4v) is 3.28. The average Bonchev–Trinajstić information content (AvgIpc) is 3.12. The Bertz CT molecular complexity index is 1110. The summed E-state index contributed by atoms with van der Waals surface area (Å²) in [6.45, 7) is 3.16. The molecule has 1 aromatic heterocycles. The van der Waals surface area contributed by atoms with Gasteiger partial charge in [0.2, 0.25) is 11.9 Å². The number of nitrogens with one attached hydrogen (secondary N) is 1. The molecule has 1 N–H and O–H groups in total. The van der Waals surface area contributed by atoms with E-state index in [1.54, 1.807) is 35.9 Å². The lowest BCUT2D eigenvalue weighted by atomic mass is 10.1. The minimum atomic E-state index is -0.414. The molecule has 0 unspecified atom stereocenters. The van der Waals surface area contributed by atoms with Crippen LogP contribution >= 0.6 is 0 Å². The van der Waals surface area contributed by atoms with E-state index in [9.17, 15) is 14.0 Å². The molecule has 2 aromatic carbocycles. The molecular formula is C23H26FN3O5. The maximum absolute atomic E-state index is 13.6. The van der Waals surface area contributed by atoms with E-state index in [4.69, 9.17) is 14.2 Å². The van der Waals surface area contributed by atoms with Crippen molar-refractivity contribution in [3.63, 3.8) is 0 Å². The van der Waals surface area contributed by atoms with Crippen LogP contribution in [0.4, 0.5) is 10.3 Å². The fourth-order valence-electron chi connectivity index (χ4n) is 3.28. The highest BCUT2D eigenvalue weighted by Gasteiger charge is 2.16. The monoisotopic (exact) mass is 443 g/mol. The van der Waals surface area contributed by atoms with Crippen molar-refractivity contribution < 1.29 is 28.2 Å². The number of hydrogen-bond donors (Lipinski definition) is 1. The maximum Gasteiger partial charge on any atom is 0.227 e. The van der Waals surface area contributed by atoms with Crippen molar-refractivity contribution in [3.8, 4) is 11.5 Å². The van der Waals surface area contributed by atoms with Crippen LogP contribution in [0.2, 0.25) is 0 Å². The van der Waals surface area contributed by atoms with Crippen molar-refractivity contribution in [2.75, 3.05) is 32.8 Å². The molecule has 1 amide bonds. The second kappa shape index (κ2) is 10.7. The van der Waals surface area contributed by atoms with E-state index in [0.29, 0.717) is 47.9 Å². The van der Waals surface area contributed by atoms with Gasteiger partial charge in [-0.05, 0) is 37.3 Å². The van der Waals surface area contributed by atoms with E-state index >= 15 is 0 Å². The van der Waals surface area contributed by atoms with Crippen molar-refractivity contribution in [2.24, 2.45) is 0 Å². The number of ketones is 1. The van der Waals surface area contributed by atoms with Crippen LogP contribution in [0, 0.1) is 5.82 Å². The summed E-state index contributed by atoms with van der Waals surface area (Å²) in [5.74, 6) is 0.310. The Kier molecular flexibility index (Phi) is 7.77. The number of rotatable bonds is 11. The van der Waals surface area contributed by atoms with Crippen molar-refractivity contribution in [2.45, 2.75) is 26.3 Å². The Morgan fingerprint density at radius 2 is 1.91 bits per heavy atom. The first-order valence-corrected chi connectivity index (χ1v) is 10.3. The Morgan fingerprint density at radius 1 is 1.09 bits per heavy atom. The van der Waals surface area contributed by atoms with Crippen molar-refractivity contribution >= 4 is 28.7 Å². The van der Waals surface area contributed by atoms with Crippen LogP contribution in [0.15, 0.2) is 36.4 Å². The smallest absolute Gasteiger partial charge is 0.227 e. The van der Waals surface area contributed by atoms with Crippen LogP contribution in [0.5, 0.6) is 11.5 Å². The number of amides is 1. The number of fused-ring (bicyclic) bond motifs is 1. The molecule has 170 valence electrons. The third-order valence-corrected chi connectivity index (χ3v) is 4.85. The number of ether oxygens (including phenoxy) is 3. The highest BCUT2D eigenvalue weighted by Crippen LogP contribution is 2.28. The van der Waals surface area contributed by atoms with E-state index < -0.39 is 5.82 Å². The number of hydrogen-bond acceptors (Lipinski definition) is 6. The summed E-state index contributed by atoms with van der Waals surface area (Å²) in [6, 6.07) is 9.16. The van der Waals surface area contributed by atoms with Gasteiger partial charge in [0.15, 0.2) is 17.3 Å². The number of nitrogens with zero attached hydrogens (tertiary/aromatic N) is 2. The number of aromatic nitrogens is 2. The molecule has 8 nitrogen and oxygen atoms in total. The Hall–Kier alpha value is -3.46. The molecule has 0 atom stereocenters. The first kappa shape index (κ1) is 23.2. The molecule has 1 heterocycles. The van der Waals surface area contributed by atoms with Gasteiger partial charge in [0.1, 0.15) is 5.82 Å².